The molecule has 0 fully saturated rings. The molecule has 1 aliphatic rings. The maximum atomic E-state index is 10.5. The van der Waals surface area contributed by atoms with Crippen molar-refractivity contribution in [2.45, 2.75) is 13.3 Å². The zero-order valence-corrected chi connectivity index (χ0v) is 5.40. The van der Waals surface area contributed by atoms with Gasteiger partial charge >= 0.3 is 0 Å². The van der Waals surface area contributed by atoms with E-state index in [2.05, 4.69) is 4.40 Å². The minimum Gasteiger partial charge on any atom is -0.205 e. The van der Waals surface area contributed by atoms with Crippen molar-refractivity contribution in [2.24, 2.45) is 4.40 Å². The van der Waals surface area contributed by atoms with Gasteiger partial charge in [-0.1, -0.05) is 0 Å². The minimum absolute atomic E-state index is 0.207. The van der Waals surface area contributed by atoms with Crippen LogP contribution in [0.25, 0.3) is 0 Å². The van der Waals surface area contributed by atoms with Crippen LogP contribution in [0, 0.1) is 0 Å². The fraction of sp³-hybridized carbons (Fsp3) is 0.750. The number of hydrogen-bond donors (Lipinski definition) is 0. The van der Waals surface area contributed by atoms with Crippen molar-refractivity contribution in [3.8, 4) is 0 Å². The molecule has 0 saturated carbocycles. The van der Waals surface area contributed by atoms with E-state index in [1.54, 1.807) is 6.92 Å². The first kappa shape index (κ1) is 5.75. The highest BCUT2D eigenvalue weighted by atomic mass is 32.2. The summed E-state index contributed by atoms with van der Waals surface area (Å²) in [4.78, 5) is 0. The van der Waals surface area contributed by atoms with Crippen LogP contribution in [-0.4, -0.2) is 19.9 Å². The standard InChI is InChI=1S/C4H7NO2S/c1-4-2-3-8(6,7)5-4/h2-3H2,1H3. The summed E-state index contributed by atoms with van der Waals surface area (Å²) in [6, 6.07) is 0. The Labute approximate surface area is 48.5 Å². The fourth-order valence-electron chi connectivity index (χ4n) is 0.605. The summed E-state index contributed by atoms with van der Waals surface area (Å²) in [6.07, 6.45) is 0.613. The van der Waals surface area contributed by atoms with E-state index in [1.165, 1.54) is 0 Å². The first-order chi connectivity index (χ1) is 3.60. The van der Waals surface area contributed by atoms with E-state index in [0.717, 1.165) is 5.71 Å². The Kier molecular flexibility index (Phi) is 1.11. The average molecular weight is 133 g/mol. The van der Waals surface area contributed by atoms with Crippen molar-refractivity contribution in [3.63, 3.8) is 0 Å². The molecule has 0 aromatic carbocycles. The highest BCUT2D eigenvalue weighted by Gasteiger charge is 2.15. The van der Waals surface area contributed by atoms with Gasteiger partial charge in [-0.05, 0) is 6.92 Å². The second-order valence-corrected chi connectivity index (χ2v) is 3.62. The lowest BCUT2D eigenvalue weighted by Crippen LogP contribution is -1.92. The third-order valence-corrected chi connectivity index (χ3v) is 2.33. The molecule has 8 heavy (non-hydrogen) atoms. The van der Waals surface area contributed by atoms with E-state index >= 15 is 0 Å². The molecule has 1 rings (SSSR count). The smallest absolute Gasteiger partial charge is 0.205 e. The molecule has 0 bridgehead atoms. The van der Waals surface area contributed by atoms with Crippen LogP contribution >= 0.6 is 0 Å². The van der Waals surface area contributed by atoms with Crippen molar-refractivity contribution in [2.75, 3.05) is 5.75 Å². The molecule has 1 aliphatic heterocycles. The fourth-order valence-corrected chi connectivity index (χ4v) is 1.82. The minimum atomic E-state index is -3.01. The van der Waals surface area contributed by atoms with Gasteiger partial charge in [-0.25, -0.2) is 8.42 Å². The van der Waals surface area contributed by atoms with Gasteiger partial charge < -0.3 is 0 Å². The molecule has 0 aliphatic carbocycles. The topological polar surface area (TPSA) is 46.5 Å². The molecule has 0 amide bonds. The first-order valence-electron chi connectivity index (χ1n) is 2.38. The largest absolute Gasteiger partial charge is 0.253 e. The molecule has 0 aromatic heterocycles. The van der Waals surface area contributed by atoms with Crippen LogP contribution in [0.2, 0.25) is 0 Å². The van der Waals surface area contributed by atoms with Crippen molar-refractivity contribution < 1.29 is 8.42 Å². The first-order valence-corrected chi connectivity index (χ1v) is 3.99. The van der Waals surface area contributed by atoms with Crippen LogP contribution in [0.15, 0.2) is 4.40 Å². The summed E-state index contributed by atoms with van der Waals surface area (Å²) in [5.74, 6) is 0.207. The maximum Gasteiger partial charge on any atom is 0.253 e. The molecule has 1 heterocycles. The van der Waals surface area contributed by atoms with E-state index in [4.69, 9.17) is 0 Å². The summed E-state index contributed by atoms with van der Waals surface area (Å²) in [6.45, 7) is 1.73. The van der Waals surface area contributed by atoms with E-state index < -0.39 is 10.0 Å². The molecule has 0 N–H and O–H groups in total. The van der Waals surface area contributed by atoms with Crippen LogP contribution in [0.5, 0.6) is 0 Å². The molecule has 0 aromatic rings. The second-order valence-electron chi connectivity index (χ2n) is 1.86. The molecular formula is C4H7NO2S. The zero-order chi connectivity index (χ0) is 6.20. The molecule has 0 spiro atoms. The van der Waals surface area contributed by atoms with Gasteiger partial charge in [-0.3, -0.25) is 0 Å². The molecule has 0 radical (unpaired) electrons. The Morgan fingerprint density at radius 1 is 1.62 bits per heavy atom. The van der Waals surface area contributed by atoms with Crippen molar-refractivity contribution in [1.82, 2.24) is 0 Å². The van der Waals surface area contributed by atoms with Gasteiger partial charge in [-0.2, -0.15) is 4.40 Å². The lowest BCUT2D eigenvalue weighted by atomic mass is 10.3. The van der Waals surface area contributed by atoms with Crippen molar-refractivity contribution >= 4 is 15.7 Å². The van der Waals surface area contributed by atoms with Crippen LogP contribution < -0.4 is 0 Å². The predicted molar refractivity (Wildman–Crippen MR) is 31.5 cm³/mol. The number of nitrogens with zero attached hydrogens (tertiary/aromatic N) is 1. The van der Waals surface area contributed by atoms with Crippen LogP contribution in [0.1, 0.15) is 13.3 Å². The average Bonchev–Trinajstić information content (AvgIpc) is 1.82. The number of hydrogen-bond acceptors (Lipinski definition) is 2. The monoisotopic (exact) mass is 133 g/mol. The van der Waals surface area contributed by atoms with Gasteiger partial charge in [0.15, 0.2) is 0 Å². The third kappa shape index (κ3) is 1.06. The normalized spacial score (nSPS) is 25.4. The molecule has 0 unspecified atom stereocenters. The Balaban J connectivity index is 3.00. The van der Waals surface area contributed by atoms with E-state index in [0.29, 0.717) is 6.42 Å². The molecule has 4 heteroatoms. The molecule has 0 atom stereocenters. The van der Waals surface area contributed by atoms with Gasteiger partial charge in [0.1, 0.15) is 0 Å². The quantitative estimate of drug-likeness (QED) is 0.473. The van der Waals surface area contributed by atoms with Crippen molar-refractivity contribution in [1.29, 1.82) is 0 Å². The third-order valence-electron chi connectivity index (χ3n) is 1.02. The van der Waals surface area contributed by atoms with Crippen LogP contribution in [-0.2, 0) is 10.0 Å². The second kappa shape index (κ2) is 1.55. The number of sulfonamides is 1. The van der Waals surface area contributed by atoms with Gasteiger partial charge in [0.25, 0.3) is 10.0 Å². The lowest BCUT2D eigenvalue weighted by Gasteiger charge is -1.78. The van der Waals surface area contributed by atoms with Gasteiger partial charge in [0.2, 0.25) is 0 Å². The Bertz CT molecular complexity index is 214. The summed E-state index contributed by atoms with van der Waals surface area (Å²) >= 11 is 0. The summed E-state index contributed by atoms with van der Waals surface area (Å²) < 4.78 is 24.3. The molecule has 3 nitrogen and oxygen atoms in total. The predicted octanol–water partition coefficient (Wildman–Crippen LogP) is 0.181. The highest BCUT2D eigenvalue weighted by Crippen LogP contribution is 2.06. The number of rotatable bonds is 0. The van der Waals surface area contributed by atoms with Gasteiger partial charge in [0, 0.05) is 12.1 Å². The summed E-state index contributed by atoms with van der Waals surface area (Å²) in [5, 5.41) is 0. The molecular weight excluding hydrogens is 126 g/mol. The van der Waals surface area contributed by atoms with Gasteiger partial charge in [0.05, 0.1) is 5.75 Å². The Hall–Kier alpha value is -0.380. The maximum absolute atomic E-state index is 10.5. The lowest BCUT2D eigenvalue weighted by molar-refractivity contribution is 0.600. The summed E-state index contributed by atoms with van der Waals surface area (Å²) in [5.41, 5.74) is 0.727. The van der Waals surface area contributed by atoms with E-state index in [-0.39, 0.29) is 5.75 Å². The van der Waals surface area contributed by atoms with E-state index in [1.807, 2.05) is 0 Å². The molecule has 0 saturated heterocycles. The van der Waals surface area contributed by atoms with Crippen LogP contribution in [0.3, 0.4) is 0 Å². The van der Waals surface area contributed by atoms with Crippen molar-refractivity contribution in [3.05, 3.63) is 0 Å². The van der Waals surface area contributed by atoms with Gasteiger partial charge in [-0.15, -0.1) is 0 Å². The SMILES string of the molecule is CC1=NS(=O)(=O)CC1. The van der Waals surface area contributed by atoms with E-state index in [9.17, 15) is 8.42 Å². The highest BCUT2D eigenvalue weighted by molar-refractivity contribution is 7.90. The summed E-state index contributed by atoms with van der Waals surface area (Å²) in [7, 11) is -3.01. The Morgan fingerprint density at radius 3 is 2.38 bits per heavy atom. The molecule has 46 valence electrons. The zero-order valence-electron chi connectivity index (χ0n) is 4.59. The van der Waals surface area contributed by atoms with Crippen LogP contribution in [0.4, 0.5) is 0 Å². The Morgan fingerprint density at radius 2 is 2.25 bits per heavy atom.